The zero-order chi connectivity index (χ0) is 12.7. The van der Waals surface area contributed by atoms with E-state index in [0.717, 1.165) is 11.3 Å². The summed E-state index contributed by atoms with van der Waals surface area (Å²) in [5.74, 6) is -0.260. The zero-order valence-corrected chi connectivity index (χ0v) is 9.84. The third-order valence-corrected chi connectivity index (χ3v) is 1.97. The Morgan fingerprint density at radius 2 is 2.00 bits per heavy atom. The molecule has 0 spiro atoms. The molecule has 1 aromatic rings. The molecule has 0 unspecified atom stereocenters. The monoisotopic (exact) mass is 237 g/mol. The van der Waals surface area contributed by atoms with Gasteiger partial charge in [0.2, 0.25) is 6.61 Å². The Bertz CT molecular complexity index is 397. The van der Waals surface area contributed by atoms with Gasteiger partial charge >= 0.3 is 5.97 Å². The minimum absolute atomic E-state index is 0.436. The van der Waals surface area contributed by atoms with Crippen molar-refractivity contribution in [1.29, 1.82) is 0 Å². The van der Waals surface area contributed by atoms with Crippen molar-refractivity contribution < 1.29 is 19.5 Å². The molecule has 0 saturated carbocycles. The predicted molar refractivity (Wildman–Crippen MR) is 63.4 cm³/mol. The predicted octanol–water partition coefficient (Wildman–Crippen LogP) is 1.91. The van der Waals surface area contributed by atoms with Crippen molar-refractivity contribution in [3.63, 3.8) is 0 Å². The fraction of sp³-hybridized carbons (Fsp3) is 0.333. The summed E-state index contributed by atoms with van der Waals surface area (Å²) in [6.45, 7) is 3.85. The van der Waals surface area contributed by atoms with Gasteiger partial charge in [-0.15, -0.1) is 0 Å². The molecule has 5 heteroatoms. The maximum atomic E-state index is 10.2. The van der Waals surface area contributed by atoms with Crippen LogP contribution in [0.25, 0.3) is 0 Å². The topological polar surface area (TPSA) is 68.1 Å². The first-order valence-corrected chi connectivity index (χ1v) is 5.25. The summed E-state index contributed by atoms with van der Waals surface area (Å²) in [4.78, 5) is 14.9. The van der Waals surface area contributed by atoms with E-state index in [1.807, 2.05) is 31.2 Å². The summed E-state index contributed by atoms with van der Waals surface area (Å²) in [5.41, 5.74) is 1.48. The van der Waals surface area contributed by atoms with Gasteiger partial charge in [0.05, 0.1) is 12.3 Å². The number of ether oxygens (including phenoxy) is 1. The van der Waals surface area contributed by atoms with E-state index in [0.29, 0.717) is 12.3 Å². The lowest BCUT2D eigenvalue weighted by Gasteiger charge is -2.04. The van der Waals surface area contributed by atoms with Gasteiger partial charge in [0.15, 0.2) is 0 Å². The van der Waals surface area contributed by atoms with Gasteiger partial charge in [-0.2, -0.15) is 0 Å². The summed E-state index contributed by atoms with van der Waals surface area (Å²) >= 11 is 0. The quantitative estimate of drug-likeness (QED) is 0.606. The Morgan fingerprint density at radius 3 is 2.53 bits per heavy atom. The van der Waals surface area contributed by atoms with Gasteiger partial charge in [-0.3, -0.25) is 0 Å². The van der Waals surface area contributed by atoms with E-state index in [9.17, 15) is 4.79 Å². The maximum absolute atomic E-state index is 10.2. The van der Waals surface area contributed by atoms with E-state index in [1.54, 1.807) is 6.92 Å². The average molecular weight is 237 g/mol. The molecule has 0 fully saturated rings. The third kappa shape index (κ3) is 4.55. The van der Waals surface area contributed by atoms with Gasteiger partial charge in [-0.25, -0.2) is 4.79 Å². The second kappa shape index (κ2) is 6.52. The second-order valence-electron chi connectivity index (χ2n) is 3.30. The molecule has 1 rings (SSSR count). The summed E-state index contributed by atoms with van der Waals surface area (Å²) in [6.07, 6.45) is 0. The van der Waals surface area contributed by atoms with Crippen molar-refractivity contribution in [3.8, 4) is 5.75 Å². The molecule has 0 amide bonds. The maximum Gasteiger partial charge on any atom is 0.344 e. The van der Waals surface area contributed by atoms with Crippen LogP contribution < -0.4 is 4.74 Å². The van der Waals surface area contributed by atoms with Crippen LogP contribution in [0.15, 0.2) is 29.4 Å². The summed E-state index contributed by atoms with van der Waals surface area (Å²) < 4.78 is 5.30. The Kier molecular flexibility index (Phi) is 5.00. The van der Waals surface area contributed by atoms with Crippen LogP contribution in [0.3, 0.4) is 0 Å². The van der Waals surface area contributed by atoms with Crippen molar-refractivity contribution in [3.05, 3.63) is 29.8 Å². The van der Waals surface area contributed by atoms with Crippen LogP contribution >= 0.6 is 0 Å². The highest BCUT2D eigenvalue weighted by Gasteiger charge is 2.00. The number of nitrogens with zero attached hydrogens (tertiary/aromatic N) is 1. The molecule has 92 valence electrons. The van der Waals surface area contributed by atoms with Crippen molar-refractivity contribution in [2.75, 3.05) is 13.2 Å². The van der Waals surface area contributed by atoms with E-state index in [-0.39, 0.29) is 0 Å². The molecule has 5 nitrogen and oxygen atoms in total. The number of benzene rings is 1. The lowest BCUT2D eigenvalue weighted by molar-refractivity contribution is -0.142. The Hall–Kier alpha value is -2.04. The smallest absolute Gasteiger partial charge is 0.344 e. The summed E-state index contributed by atoms with van der Waals surface area (Å²) in [5, 5.41) is 12.1. The minimum atomic E-state index is -1.05. The van der Waals surface area contributed by atoms with Gasteiger partial charge in [-0.1, -0.05) is 5.16 Å². The lowest BCUT2D eigenvalue weighted by Crippen LogP contribution is -2.05. The first kappa shape index (κ1) is 13.0. The summed E-state index contributed by atoms with van der Waals surface area (Å²) in [7, 11) is 0. The highest BCUT2D eigenvalue weighted by Crippen LogP contribution is 2.12. The number of oxime groups is 1. The van der Waals surface area contributed by atoms with E-state index in [1.165, 1.54) is 0 Å². The highest BCUT2D eigenvalue weighted by molar-refractivity contribution is 5.98. The fourth-order valence-electron chi connectivity index (χ4n) is 1.20. The SMILES string of the molecule is CCOc1ccc(C(C)=NOCC(=O)O)cc1. The standard InChI is InChI=1S/C12H15NO4/c1-3-16-11-6-4-10(5-7-11)9(2)13-17-8-12(14)15/h4-7H,3,8H2,1-2H3,(H,14,15). The Labute approximate surface area is 99.7 Å². The Morgan fingerprint density at radius 1 is 1.35 bits per heavy atom. The van der Waals surface area contributed by atoms with Crippen LogP contribution in [0, 0.1) is 0 Å². The normalized spacial score (nSPS) is 11.1. The van der Waals surface area contributed by atoms with E-state index < -0.39 is 12.6 Å². The molecule has 0 atom stereocenters. The molecule has 0 aromatic heterocycles. The number of rotatable bonds is 6. The molecule has 1 aromatic carbocycles. The number of hydrogen-bond acceptors (Lipinski definition) is 4. The number of aliphatic carboxylic acids is 1. The van der Waals surface area contributed by atoms with Gasteiger partial charge in [0.1, 0.15) is 5.75 Å². The van der Waals surface area contributed by atoms with Crippen LogP contribution in [-0.4, -0.2) is 30.0 Å². The molecule has 0 aliphatic carbocycles. The molecule has 0 heterocycles. The van der Waals surface area contributed by atoms with Crippen molar-refractivity contribution in [1.82, 2.24) is 0 Å². The number of carboxylic acid groups (broad SMARTS) is 1. The molecular weight excluding hydrogens is 222 g/mol. The largest absolute Gasteiger partial charge is 0.494 e. The van der Waals surface area contributed by atoms with E-state index >= 15 is 0 Å². The van der Waals surface area contributed by atoms with Gasteiger partial charge in [-0.05, 0) is 43.7 Å². The molecule has 0 aliphatic rings. The first-order valence-electron chi connectivity index (χ1n) is 5.25. The second-order valence-corrected chi connectivity index (χ2v) is 3.30. The number of carboxylic acids is 1. The fourth-order valence-corrected chi connectivity index (χ4v) is 1.20. The van der Waals surface area contributed by atoms with E-state index in [4.69, 9.17) is 9.84 Å². The van der Waals surface area contributed by atoms with E-state index in [2.05, 4.69) is 9.99 Å². The molecular formula is C12H15NO4. The number of hydrogen-bond donors (Lipinski definition) is 1. The van der Waals surface area contributed by atoms with Crippen molar-refractivity contribution in [2.45, 2.75) is 13.8 Å². The molecule has 0 saturated heterocycles. The number of carbonyl (C=O) groups is 1. The van der Waals surface area contributed by atoms with Crippen LogP contribution in [0.2, 0.25) is 0 Å². The Balaban J connectivity index is 2.62. The third-order valence-electron chi connectivity index (χ3n) is 1.97. The first-order chi connectivity index (χ1) is 8.13. The molecule has 0 radical (unpaired) electrons. The van der Waals surface area contributed by atoms with Crippen LogP contribution in [0.4, 0.5) is 0 Å². The highest BCUT2D eigenvalue weighted by atomic mass is 16.6. The molecule has 1 N–H and O–H groups in total. The van der Waals surface area contributed by atoms with Gasteiger partial charge in [0, 0.05) is 0 Å². The summed E-state index contributed by atoms with van der Waals surface area (Å²) in [6, 6.07) is 7.34. The average Bonchev–Trinajstić information content (AvgIpc) is 2.30. The molecule has 0 bridgehead atoms. The zero-order valence-electron chi connectivity index (χ0n) is 9.84. The van der Waals surface area contributed by atoms with Crippen LogP contribution in [0.1, 0.15) is 19.4 Å². The lowest BCUT2D eigenvalue weighted by atomic mass is 10.1. The van der Waals surface area contributed by atoms with Crippen LogP contribution in [-0.2, 0) is 9.63 Å². The van der Waals surface area contributed by atoms with Crippen LogP contribution in [0.5, 0.6) is 5.75 Å². The minimum Gasteiger partial charge on any atom is -0.494 e. The molecule has 0 aliphatic heterocycles. The van der Waals surface area contributed by atoms with Crippen molar-refractivity contribution in [2.24, 2.45) is 5.16 Å². The van der Waals surface area contributed by atoms with Gasteiger partial charge < -0.3 is 14.7 Å². The molecule has 17 heavy (non-hydrogen) atoms. The van der Waals surface area contributed by atoms with Crippen molar-refractivity contribution >= 4 is 11.7 Å². The van der Waals surface area contributed by atoms with Gasteiger partial charge in [0.25, 0.3) is 0 Å².